The number of hydrogen-bond donors (Lipinski definition) is 0. The van der Waals surface area contributed by atoms with E-state index in [-0.39, 0.29) is 42.7 Å². The molecule has 0 aliphatic carbocycles. The van der Waals surface area contributed by atoms with E-state index in [4.69, 9.17) is 14.2 Å². The first-order valence-corrected chi connectivity index (χ1v) is 28.5. The van der Waals surface area contributed by atoms with Crippen LogP contribution in [0.15, 0.2) is 36.5 Å². The predicted octanol–water partition coefficient (Wildman–Crippen LogP) is 15.6. The zero-order chi connectivity index (χ0) is 49.2. The van der Waals surface area contributed by atoms with Crippen molar-refractivity contribution in [2.24, 2.45) is 0 Å². The molecule has 0 bridgehead atoms. The molecule has 0 spiro atoms. The molecule has 0 amide bonds. The second-order valence-corrected chi connectivity index (χ2v) is 20.5. The molecular formula is C59H109NO7. The number of carboxylic acids is 1. The summed E-state index contributed by atoms with van der Waals surface area (Å²) in [6, 6.07) is -0.725. The lowest BCUT2D eigenvalue weighted by Crippen LogP contribution is -2.55. The molecule has 0 heterocycles. The van der Waals surface area contributed by atoms with Crippen molar-refractivity contribution in [2.75, 3.05) is 41.0 Å². The number of hydrogen-bond acceptors (Lipinski definition) is 7. The first kappa shape index (κ1) is 64.5. The third-order valence-electron chi connectivity index (χ3n) is 13.0. The standard InChI is InChI=1S/C59H109NO7/c1-6-8-10-12-14-16-18-20-22-24-26-28-29-30-32-34-36-38-40-42-44-46-48-50-58(62)67-55(53-65-52-51-56(59(63)64)60(3,4)5)54-66-57(61)49-47-45-43-41-39-37-35-33-31-27-25-23-21-19-17-15-13-11-9-7-2/h8,10,14,16,20,22,55-56H,6-7,9,11-13,15,17-19,21,23-54H2,1-5H3/b10-8+,16-14+,22-20+. The van der Waals surface area contributed by atoms with Crippen molar-refractivity contribution in [1.29, 1.82) is 0 Å². The van der Waals surface area contributed by atoms with Crippen LogP contribution in [0, 0.1) is 0 Å². The summed E-state index contributed by atoms with van der Waals surface area (Å²) in [4.78, 5) is 37.2. The van der Waals surface area contributed by atoms with Crippen molar-refractivity contribution in [3.63, 3.8) is 0 Å². The Morgan fingerprint density at radius 1 is 0.463 bits per heavy atom. The van der Waals surface area contributed by atoms with Crippen LogP contribution in [-0.2, 0) is 28.6 Å². The largest absolute Gasteiger partial charge is 0.544 e. The summed E-state index contributed by atoms with van der Waals surface area (Å²) in [6.45, 7) is 4.61. The molecule has 0 aliphatic heterocycles. The molecule has 0 aromatic heterocycles. The lowest BCUT2D eigenvalue weighted by Gasteiger charge is -2.34. The van der Waals surface area contributed by atoms with Gasteiger partial charge in [0.05, 0.1) is 40.3 Å². The molecule has 0 aromatic rings. The van der Waals surface area contributed by atoms with Crippen LogP contribution < -0.4 is 5.11 Å². The molecule has 0 fully saturated rings. The molecule has 0 rings (SSSR count). The van der Waals surface area contributed by atoms with Crippen molar-refractivity contribution < 1.29 is 38.2 Å². The summed E-state index contributed by atoms with van der Waals surface area (Å²) in [7, 11) is 5.43. The summed E-state index contributed by atoms with van der Waals surface area (Å²) in [5.74, 6) is -1.72. The number of quaternary nitrogens is 1. The minimum Gasteiger partial charge on any atom is -0.544 e. The zero-order valence-electron chi connectivity index (χ0n) is 44.8. The number of nitrogens with zero attached hydrogens (tertiary/aromatic N) is 1. The van der Waals surface area contributed by atoms with Gasteiger partial charge in [0.1, 0.15) is 12.6 Å². The maximum absolute atomic E-state index is 12.8. The van der Waals surface area contributed by atoms with Crippen molar-refractivity contribution in [3.05, 3.63) is 36.5 Å². The fourth-order valence-electron chi connectivity index (χ4n) is 8.68. The Morgan fingerprint density at radius 2 is 0.836 bits per heavy atom. The van der Waals surface area contributed by atoms with Crippen molar-refractivity contribution >= 4 is 17.9 Å². The quantitative estimate of drug-likeness (QED) is 0.0259. The second kappa shape index (κ2) is 50.0. The monoisotopic (exact) mass is 944 g/mol. The molecule has 0 saturated carbocycles. The Balaban J connectivity index is 4.14. The number of esters is 2. The van der Waals surface area contributed by atoms with Gasteiger partial charge in [-0.25, -0.2) is 0 Å². The third-order valence-corrected chi connectivity index (χ3v) is 13.0. The molecular weight excluding hydrogens is 835 g/mol. The molecule has 67 heavy (non-hydrogen) atoms. The number of carbonyl (C=O) groups is 3. The molecule has 0 aliphatic rings. The molecule has 0 aromatic carbocycles. The Kier molecular flexibility index (Phi) is 48.1. The van der Waals surface area contributed by atoms with Gasteiger partial charge in [-0.3, -0.25) is 9.59 Å². The van der Waals surface area contributed by atoms with Crippen LogP contribution in [0.2, 0.25) is 0 Å². The van der Waals surface area contributed by atoms with Gasteiger partial charge in [0.2, 0.25) is 0 Å². The first-order valence-electron chi connectivity index (χ1n) is 28.5. The normalized spacial score (nSPS) is 13.0. The fourth-order valence-corrected chi connectivity index (χ4v) is 8.68. The molecule has 2 unspecified atom stereocenters. The highest BCUT2D eigenvalue weighted by atomic mass is 16.6. The van der Waals surface area contributed by atoms with Gasteiger partial charge in [-0.05, 0) is 44.9 Å². The molecule has 8 nitrogen and oxygen atoms in total. The Morgan fingerprint density at radius 3 is 1.24 bits per heavy atom. The Hall–Kier alpha value is -2.45. The van der Waals surface area contributed by atoms with E-state index >= 15 is 0 Å². The van der Waals surface area contributed by atoms with E-state index in [1.165, 1.54) is 180 Å². The molecule has 0 saturated heterocycles. The van der Waals surface area contributed by atoms with Gasteiger partial charge >= 0.3 is 11.9 Å². The average Bonchev–Trinajstić information content (AvgIpc) is 3.29. The van der Waals surface area contributed by atoms with Crippen molar-refractivity contribution in [1.82, 2.24) is 0 Å². The molecule has 2 atom stereocenters. The van der Waals surface area contributed by atoms with E-state index in [1.807, 2.05) is 21.1 Å². The number of carboxylic acid groups (broad SMARTS) is 1. The Labute approximate surface area is 414 Å². The molecule has 0 N–H and O–H groups in total. The summed E-state index contributed by atoms with van der Waals surface area (Å²) in [5, 5.41) is 11.7. The van der Waals surface area contributed by atoms with E-state index in [2.05, 4.69) is 50.3 Å². The smallest absolute Gasteiger partial charge is 0.306 e. The van der Waals surface area contributed by atoms with E-state index < -0.39 is 18.1 Å². The number of aliphatic carboxylic acids is 1. The molecule has 392 valence electrons. The minimum absolute atomic E-state index is 0.0446. The van der Waals surface area contributed by atoms with E-state index in [1.54, 1.807) is 0 Å². The van der Waals surface area contributed by atoms with Gasteiger partial charge in [0.15, 0.2) is 6.10 Å². The van der Waals surface area contributed by atoms with Gasteiger partial charge in [0.25, 0.3) is 0 Å². The fraction of sp³-hybridized carbons (Fsp3) is 0.847. The number of rotatable bonds is 52. The number of carbonyl (C=O) groups excluding carboxylic acids is 3. The minimum atomic E-state index is -1.12. The van der Waals surface area contributed by atoms with Crippen molar-refractivity contribution in [2.45, 2.75) is 283 Å². The second-order valence-electron chi connectivity index (χ2n) is 20.5. The summed E-state index contributed by atoms with van der Waals surface area (Å²) < 4.78 is 17.3. The van der Waals surface area contributed by atoms with Gasteiger partial charge in [0, 0.05) is 19.3 Å². The third kappa shape index (κ3) is 48.4. The van der Waals surface area contributed by atoms with Gasteiger partial charge in [-0.2, -0.15) is 0 Å². The number of allylic oxidation sites excluding steroid dienone is 6. The highest BCUT2D eigenvalue weighted by molar-refractivity contribution is 5.70. The topological polar surface area (TPSA) is 102 Å². The molecule has 8 heteroatoms. The van der Waals surface area contributed by atoms with Crippen LogP contribution >= 0.6 is 0 Å². The number of unbranched alkanes of at least 4 members (excludes halogenated alkanes) is 32. The van der Waals surface area contributed by atoms with E-state index in [0.29, 0.717) is 12.8 Å². The van der Waals surface area contributed by atoms with Crippen LogP contribution in [0.1, 0.15) is 271 Å². The summed E-state index contributed by atoms with van der Waals surface area (Å²) in [5.41, 5.74) is 0. The van der Waals surface area contributed by atoms with Crippen LogP contribution in [0.4, 0.5) is 0 Å². The SMILES string of the molecule is CC/C=C/C/C=C/C/C=C/CCCCCCCCCCCCCCCC(=O)OC(COCCC(C(=O)[O-])[N+](C)(C)C)COC(=O)CCCCCCCCCCCCCCCCCCCCCC. The van der Waals surface area contributed by atoms with Gasteiger partial charge in [-0.15, -0.1) is 0 Å². The highest BCUT2D eigenvalue weighted by Gasteiger charge is 2.25. The van der Waals surface area contributed by atoms with E-state index in [9.17, 15) is 19.5 Å². The van der Waals surface area contributed by atoms with Crippen LogP contribution in [0.25, 0.3) is 0 Å². The zero-order valence-corrected chi connectivity index (χ0v) is 44.8. The number of likely N-dealkylation sites (N-methyl/N-ethyl adjacent to an activating group) is 1. The van der Waals surface area contributed by atoms with Crippen LogP contribution in [0.5, 0.6) is 0 Å². The lowest BCUT2D eigenvalue weighted by atomic mass is 10.0. The van der Waals surface area contributed by atoms with Crippen molar-refractivity contribution in [3.8, 4) is 0 Å². The summed E-state index contributed by atoms with van der Waals surface area (Å²) >= 11 is 0. The maximum Gasteiger partial charge on any atom is 0.306 e. The van der Waals surface area contributed by atoms with Crippen LogP contribution in [-0.4, -0.2) is 75.5 Å². The summed E-state index contributed by atoms with van der Waals surface area (Å²) in [6.07, 6.45) is 60.4. The lowest BCUT2D eigenvalue weighted by molar-refractivity contribution is -0.889. The van der Waals surface area contributed by atoms with Gasteiger partial charge < -0.3 is 28.6 Å². The highest BCUT2D eigenvalue weighted by Crippen LogP contribution is 2.17. The number of ether oxygens (including phenoxy) is 3. The van der Waals surface area contributed by atoms with Gasteiger partial charge in [-0.1, -0.05) is 243 Å². The Bertz CT molecular complexity index is 1190. The predicted molar refractivity (Wildman–Crippen MR) is 282 cm³/mol. The van der Waals surface area contributed by atoms with Crippen LogP contribution in [0.3, 0.4) is 0 Å². The van der Waals surface area contributed by atoms with E-state index in [0.717, 1.165) is 57.8 Å². The maximum atomic E-state index is 12.8. The molecule has 0 radical (unpaired) electrons. The average molecular weight is 945 g/mol. The first-order chi connectivity index (χ1) is 32.6.